The minimum atomic E-state index is -0.635. The predicted octanol–water partition coefficient (Wildman–Crippen LogP) is 1.28. The van der Waals surface area contributed by atoms with Crippen molar-refractivity contribution >= 4 is 11.6 Å². The van der Waals surface area contributed by atoms with Gasteiger partial charge in [0.15, 0.2) is 0 Å². The monoisotopic (exact) mass is 159 g/mol. The Labute approximate surface area is 62.4 Å². The van der Waals surface area contributed by atoms with Gasteiger partial charge >= 0.3 is 6.01 Å². The first-order chi connectivity index (χ1) is 4.72. The van der Waals surface area contributed by atoms with Crippen molar-refractivity contribution in [3.05, 3.63) is 11.2 Å². The van der Waals surface area contributed by atoms with E-state index in [4.69, 9.17) is 11.6 Å². The average Bonchev–Trinajstić information content (AvgIpc) is 1.85. The molecule has 1 aromatic rings. The molecule has 0 aliphatic carbocycles. The Morgan fingerprint density at radius 1 is 1.60 bits per heavy atom. The summed E-state index contributed by atoms with van der Waals surface area (Å²) in [5, 5.41) is 10.6. The van der Waals surface area contributed by atoms with Gasteiger partial charge in [-0.1, -0.05) is 11.6 Å². The van der Waals surface area contributed by atoms with Gasteiger partial charge in [-0.25, -0.2) is 5.11 Å². The van der Waals surface area contributed by atoms with Gasteiger partial charge in [-0.15, -0.1) is 0 Å². The highest BCUT2D eigenvalue weighted by Crippen LogP contribution is 2.15. The van der Waals surface area contributed by atoms with Crippen LogP contribution in [0.2, 0.25) is 5.15 Å². The summed E-state index contributed by atoms with van der Waals surface area (Å²) in [6.07, 6.45) is 0. The Morgan fingerprint density at radius 2 is 2.30 bits per heavy atom. The van der Waals surface area contributed by atoms with E-state index < -0.39 is 6.01 Å². The normalized spacial score (nSPS) is 9.40. The first kappa shape index (κ1) is 7.08. The maximum atomic E-state index is 10.5. The summed E-state index contributed by atoms with van der Waals surface area (Å²) in [5.74, 6) is 0.185. The zero-order valence-corrected chi connectivity index (χ0v) is 5.92. The van der Waals surface area contributed by atoms with Crippen LogP contribution in [0.1, 0.15) is 0 Å². The molecule has 53 valence electrons. The first-order valence-electron chi connectivity index (χ1n) is 2.48. The molecule has 4 nitrogen and oxygen atoms in total. The lowest BCUT2D eigenvalue weighted by molar-refractivity contribution is 0.306. The van der Waals surface area contributed by atoms with Crippen molar-refractivity contribution in [1.82, 2.24) is 9.97 Å². The molecule has 1 rings (SSSR count). The molecule has 0 amide bonds. The van der Waals surface area contributed by atoms with Crippen molar-refractivity contribution in [3.63, 3.8) is 0 Å². The van der Waals surface area contributed by atoms with Crippen LogP contribution >= 0.6 is 11.6 Å². The van der Waals surface area contributed by atoms with E-state index in [0.717, 1.165) is 0 Å². The summed E-state index contributed by atoms with van der Waals surface area (Å²) in [7, 11) is 1.40. The third-order valence-electron chi connectivity index (χ3n) is 0.860. The van der Waals surface area contributed by atoms with E-state index in [0.29, 0.717) is 0 Å². The second-order valence-corrected chi connectivity index (χ2v) is 1.90. The van der Waals surface area contributed by atoms with Crippen LogP contribution in [0.4, 0.5) is 0 Å². The SMILES string of the molecule is COc1cc(Cl)nc([O])n1. The molecule has 10 heavy (non-hydrogen) atoms. The molecular weight excluding hydrogens is 156 g/mol. The lowest BCUT2D eigenvalue weighted by Crippen LogP contribution is -1.88. The van der Waals surface area contributed by atoms with Gasteiger partial charge in [0.1, 0.15) is 5.15 Å². The van der Waals surface area contributed by atoms with E-state index in [9.17, 15) is 5.11 Å². The summed E-state index contributed by atoms with van der Waals surface area (Å²) < 4.78 is 4.64. The summed E-state index contributed by atoms with van der Waals surface area (Å²) in [6, 6.07) is 0.729. The van der Waals surface area contributed by atoms with Gasteiger partial charge in [-0.2, -0.15) is 9.97 Å². The molecule has 0 N–H and O–H groups in total. The molecule has 0 bridgehead atoms. The topological polar surface area (TPSA) is 54.9 Å². The minimum Gasteiger partial charge on any atom is -0.481 e. The number of nitrogens with zero attached hydrogens (tertiary/aromatic N) is 2. The Hall–Kier alpha value is -1.03. The largest absolute Gasteiger partial charge is 0.481 e. The third kappa shape index (κ3) is 1.48. The lowest BCUT2D eigenvalue weighted by atomic mass is 10.6. The second kappa shape index (κ2) is 2.70. The standard InChI is InChI=1S/C5H4ClN2O2/c1-10-4-2-3(6)7-5(9)8-4/h2H,1H3. The highest BCUT2D eigenvalue weighted by molar-refractivity contribution is 6.29. The molecular formula is C5H4ClN2O2. The summed E-state index contributed by atoms with van der Waals surface area (Å²) in [6.45, 7) is 0. The zero-order valence-electron chi connectivity index (χ0n) is 5.17. The van der Waals surface area contributed by atoms with E-state index in [1.54, 1.807) is 0 Å². The van der Waals surface area contributed by atoms with Crippen LogP contribution < -0.4 is 4.74 Å². The number of ether oxygens (including phenoxy) is 1. The van der Waals surface area contributed by atoms with Gasteiger partial charge in [0, 0.05) is 6.07 Å². The van der Waals surface area contributed by atoms with Crippen LogP contribution in [0, 0.1) is 0 Å². The van der Waals surface area contributed by atoms with Crippen molar-refractivity contribution in [2.24, 2.45) is 0 Å². The number of halogens is 1. The number of aromatic nitrogens is 2. The molecule has 1 heterocycles. The third-order valence-corrected chi connectivity index (χ3v) is 1.05. The van der Waals surface area contributed by atoms with Crippen molar-refractivity contribution in [2.45, 2.75) is 0 Å². The van der Waals surface area contributed by atoms with E-state index in [1.165, 1.54) is 13.2 Å². The van der Waals surface area contributed by atoms with Crippen molar-refractivity contribution in [1.29, 1.82) is 0 Å². The van der Waals surface area contributed by atoms with Gasteiger partial charge in [0.2, 0.25) is 5.88 Å². The molecule has 0 aromatic carbocycles. The van der Waals surface area contributed by atoms with Gasteiger partial charge in [0.25, 0.3) is 0 Å². The summed E-state index contributed by atoms with van der Waals surface area (Å²) >= 11 is 5.40. The fourth-order valence-corrected chi connectivity index (χ4v) is 0.647. The Morgan fingerprint density at radius 3 is 2.80 bits per heavy atom. The van der Waals surface area contributed by atoms with Crippen LogP contribution in [-0.2, 0) is 5.11 Å². The van der Waals surface area contributed by atoms with E-state index in [-0.39, 0.29) is 11.0 Å². The van der Waals surface area contributed by atoms with Crippen molar-refractivity contribution in [2.75, 3.05) is 7.11 Å². The molecule has 1 aromatic heterocycles. The van der Waals surface area contributed by atoms with E-state index >= 15 is 0 Å². The molecule has 0 saturated carbocycles. The molecule has 0 atom stereocenters. The van der Waals surface area contributed by atoms with Gasteiger partial charge in [-0.05, 0) is 0 Å². The second-order valence-electron chi connectivity index (χ2n) is 1.52. The number of methoxy groups -OCH3 is 1. The molecule has 0 saturated heterocycles. The highest BCUT2D eigenvalue weighted by Gasteiger charge is 2.01. The number of hydrogen-bond donors (Lipinski definition) is 0. The molecule has 0 fully saturated rings. The molecule has 1 radical (unpaired) electrons. The lowest BCUT2D eigenvalue weighted by Gasteiger charge is -1.95. The highest BCUT2D eigenvalue weighted by atomic mass is 35.5. The summed E-state index contributed by atoms with van der Waals surface area (Å²) in [4.78, 5) is 6.68. The maximum Gasteiger partial charge on any atom is 0.371 e. The van der Waals surface area contributed by atoms with Crippen LogP contribution in [0.3, 0.4) is 0 Å². The Bertz CT molecular complexity index is 221. The molecule has 0 aliphatic rings. The maximum absolute atomic E-state index is 10.5. The molecule has 0 spiro atoms. The van der Waals surface area contributed by atoms with E-state index in [2.05, 4.69) is 14.7 Å². The predicted molar refractivity (Wildman–Crippen MR) is 33.7 cm³/mol. The molecule has 0 aliphatic heterocycles. The fraction of sp³-hybridized carbons (Fsp3) is 0.200. The smallest absolute Gasteiger partial charge is 0.371 e. The first-order valence-corrected chi connectivity index (χ1v) is 2.86. The summed E-state index contributed by atoms with van der Waals surface area (Å²) in [5.41, 5.74) is 0. The van der Waals surface area contributed by atoms with Gasteiger partial charge in [-0.3, -0.25) is 0 Å². The minimum absolute atomic E-state index is 0.0943. The molecule has 0 unspecified atom stereocenters. The number of hydrogen-bond acceptors (Lipinski definition) is 3. The van der Waals surface area contributed by atoms with Crippen LogP contribution in [0.25, 0.3) is 0 Å². The zero-order chi connectivity index (χ0) is 7.56. The Kier molecular flexibility index (Phi) is 1.91. The average molecular weight is 160 g/mol. The van der Waals surface area contributed by atoms with E-state index in [1.807, 2.05) is 0 Å². The van der Waals surface area contributed by atoms with Crippen LogP contribution in [-0.4, -0.2) is 17.1 Å². The Balaban J connectivity index is 3.06. The van der Waals surface area contributed by atoms with Crippen LogP contribution in [0.15, 0.2) is 6.07 Å². The van der Waals surface area contributed by atoms with Crippen molar-refractivity contribution in [3.8, 4) is 11.9 Å². The number of rotatable bonds is 1. The van der Waals surface area contributed by atoms with Gasteiger partial charge in [0.05, 0.1) is 7.11 Å². The fourth-order valence-electron chi connectivity index (χ4n) is 0.482. The van der Waals surface area contributed by atoms with Gasteiger partial charge < -0.3 is 4.74 Å². The van der Waals surface area contributed by atoms with Crippen molar-refractivity contribution < 1.29 is 9.84 Å². The quantitative estimate of drug-likeness (QED) is 0.580. The van der Waals surface area contributed by atoms with Crippen LogP contribution in [0.5, 0.6) is 11.9 Å². The molecule has 5 heteroatoms.